The fraction of sp³-hybridized carbons (Fsp3) is 0.400. The molecule has 30 heavy (non-hydrogen) atoms. The average molecular weight is 434 g/mol. The van der Waals surface area contributed by atoms with Gasteiger partial charge < -0.3 is 15.5 Å². The van der Waals surface area contributed by atoms with Crippen LogP contribution in [0.4, 0.5) is 4.39 Å². The van der Waals surface area contributed by atoms with Gasteiger partial charge >= 0.3 is 0 Å². The van der Waals surface area contributed by atoms with Crippen molar-refractivity contribution in [3.63, 3.8) is 0 Å². The summed E-state index contributed by atoms with van der Waals surface area (Å²) in [6, 6.07) is 5.84. The molecule has 0 bridgehead atoms. The van der Waals surface area contributed by atoms with Crippen LogP contribution in [0.5, 0.6) is 0 Å². The van der Waals surface area contributed by atoms with Crippen molar-refractivity contribution >= 4 is 29.3 Å². The quantitative estimate of drug-likeness (QED) is 0.792. The fourth-order valence-electron chi connectivity index (χ4n) is 3.92. The number of hydrogen-bond donors (Lipinski definition) is 1. The monoisotopic (exact) mass is 433 g/mol. The van der Waals surface area contributed by atoms with Crippen molar-refractivity contribution in [2.75, 3.05) is 19.6 Å². The van der Waals surface area contributed by atoms with Crippen molar-refractivity contribution in [3.8, 4) is 0 Å². The lowest BCUT2D eigenvalue weighted by Crippen LogP contribution is -2.44. The standard InChI is InChI=1S/C20H21ClFN5O3/c21-14-4-1-5-15(22)13(14)11-26-7-8-27-17(20(26)30)9-16(24-27)19(29)25-6-2-3-12(10-25)18(23)28/h1,4-5,9,12H,2-3,6-8,10-11H2,(H2,23,28). The Morgan fingerprint density at radius 1 is 1.27 bits per heavy atom. The third-order valence-corrected chi connectivity index (χ3v) is 5.96. The Labute approximate surface area is 177 Å². The van der Waals surface area contributed by atoms with Crippen LogP contribution < -0.4 is 5.73 Å². The molecule has 2 aliphatic rings. The molecule has 1 saturated heterocycles. The topological polar surface area (TPSA) is 102 Å². The van der Waals surface area contributed by atoms with Gasteiger partial charge in [-0.1, -0.05) is 17.7 Å². The summed E-state index contributed by atoms with van der Waals surface area (Å²) in [5.74, 6) is -1.95. The molecule has 0 saturated carbocycles. The maximum absolute atomic E-state index is 14.1. The van der Waals surface area contributed by atoms with E-state index in [0.29, 0.717) is 32.5 Å². The van der Waals surface area contributed by atoms with Gasteiger partial charge in [0.2, 0.25) is 5.91 Å². The van der Waals surface area contributed by atoms with E-state index in [2.05, 4.69) is 5.10 Å². The van der Waals surface area contributed by atoms with Crippen molar-refractivity contribution in [1.82, 2.24) is 19.6 Å². The van der Waals surface area contributed by atoms with Crippen LogP contribution in [0.1, 0.15) is 39.4 Å². The second kappa shape index (κ2) is 8.06. The summed E-state index contributed by atoms with van der Waals surface area (Å²) in [6.45, 7) is 1.49. The van der Waals surface area contributed by atoms with Gasteiger partial charge in [0.25, 0.3) is 11.8 Å². The lowest BCUT2D eigenvalue weighted by molar-refractivity contribution is -0.123. The second-order valence-corrected chi connectivity index (χ2v) is 7.96. The summed E-state index contributed by atoms with van der Waals surface area (Å²) in [6.07, 6.45) is 1.34. The largest absolute Gasteiger partial charge is 0.369 e. The van der Waals surface area contributed by atoms with Gasteiger partial charge in [-0.25, -0.2) is 4.39 Å². The summed E-state index contributed by atoms with van der Waals surface area (Å²) < 4.78 is 15.6. The maximum atomic E-state index is 14.1. The van der Waals surface area contributed by atoms with Crippen LogP contribution >= 0.6 is 11.6 Å². The molecule has 3 amide bonds. The number of nitrogens with zero attached hydrogens (tertiary/aromatic N) is 4. The minimum atomic E-state index is -0.473. The number of fused-ring (bicyclic) bond motifs is 1. The lowest BCUT2D eigenvalue weighted by Gasteiger charge is -2.30. The Bertz CT molecular complexity index is 1000. The van der Waals surface area contributed by atoms with Crippen LogP contribution in [-0.2, 0) is 17.9 Å². The van der Waals surface area contributed by atoms with Crippen molar-refractivity contribution in [3.05, 3.63) is 52.1 Å². The fourth-order valence-corrected chi connectivity index (χ4v) is 4.15. The SMILES string of the molecule is NC(=O)C1CCCN(C(=O)c2cc3n(n2)CCN(Cc2c(F)cccc2Cl)C3=O)C1. The van der Waals surface area contributed by atoms with Crippen LogP contribution in [0.3, 0.4) is 0 Å². The van der Waals surface area contributed by atoms with Crippen molar-refractivity contribution in [2.45, 2.75) is 25.9 Å². The minimum absolute atomic E-state index is 0.0330. The van der Waals surface area contributed by atoms with Gasteiger partial charge in [0.05, 0.1) is 19.0 Å². The van der Waals surface area contributed by atoms with E-state index < -0.39 is 11.7 Å². The zero-order valence-corrected chi connectivity index (χ0v) is 16.9. The lowest BCUT2D eigenvalue weighted by atomic mass is 9.97. The molecule has 4 rings (SSSR count). The second-order valence-electron chi connectivity index (χ2n) is 7.56. The number of carbonyl (C=O) groups is 3. The Balaban J connectivity index is 1.52. The zero-order valence-electron chi connectivity index (χ0n) is 16.2. The van der Waals surface area contributed by atoms with Crippen molar-refractivity contribution < 1.29 is 18.8 Å². The highest BCUT2D eigenvalue weighted by molar-refractivity contribution is 6.31. The summed E-state index contributed by atoms with van der Waals surface area (Å²) in [7, 11) is 0. The molecule has 8 nitrogen and oxygen atoms in total. The molecule has 1 fully saturated rings. The smallest absolute Gasteiger partial charge is 0.274 e. The Morgan fingerprint density at radius 3 is 2.80 bits per heavy atom. The number of likely N-dealkylation sites (tertiary alicyclic amines) is 1. The molecular weight excluding hydrogens is 413 g/mol. The molecule has 10 heteroatoms. The predicted octanol–water partition coefficient (Wildman–Crippen LogP) is 1.67. The molecule has 2 aromatic rings. The number of rotatable bonds is 4. The molecule has 1 aromatic carbocycles. The first-order valence-corrected chi connectivity index (χ1v) is 10.1. The normalized spacial score (nSPS) is 19.0. The van der Waals surface area contributed by atoms with Gasteiger partial charge in [-0.15, -0.1) is 0 Å². The summed E-state index contributed by atoms with van der Waals surface area (Å²) >= 11 is 6.08. The molecular formula is C20H21ClFN5O3. The van der Waals surface area contributed by atoms with Gasteiger partial charge in [0.1, 0.15) is 11.5 Å². The summed E-state index contributed by atoms with van der Waals surface area (Å²) in [5, 5.41) is 4.54. The van der Waals surface area contributed by atoms with E-state index in [0.717, 1.165) is 0 Å². The number of carbonyl (C=O) groups excluding carboxylic acids is 3. The summed E-state index contributed by atoms with van der Waals surface area (Å²) in [4.78, 5) is 40.3. The molecule has 1 atom stereocenters. The van der Waals surface area contributed by atoms with Crippen LogP contribution in [-0.4, -0.2) is 56.9 Å². The first-order valence-electron chi connectivity index (χ1n) is 9.73. The van der Waals surface area contributed by atoms with Crippen molar-refractivity contribution in [2.24, 2.45) is 11.7 Å². The van der Waals surface area contributed by atoms with Gasteiger partial charge in [-0.2, -0.15) is 5.10 Å². The molecule has 1 unspecified atom stereocenters. The predicted molar refractivity (Wildman–Crippen MR) is 106 cm³/mol. The maximum Gasteiger partial charge on any atom is 0.274 e. The molecule has 2 N–H and O–H groups in total. The number of nitrogens with two attached hydrogens (primary N) is 1. The highest BCUT2D eigenvalue weighted by atomic mass is 35.5. The first kappa shape index (κ1) is 20.3. The highest BCUT2D eigenvalue weighted by Gasteiger charge is 2.32. The number of benzene rings is 1. The van der Waals surface area contributed by atoms with Crippen LogP contribution in [0.2, 0.25) is 5.02 Å². The van der Waals surface area contributed by atoms with Gasteiger partial charge in [-0.05, 0) is 25.0 Å². The third-order valence-electron chi connectivity index (χ3n) is 5.61. The van der Waals surface area contributed by atoms with E-state index in [4.69, 9.17) is 17.3 Å². The van der Waals surface area contributed by atoms with E-state index in [1.807, 2.05) is 0 Å². The number of halogens is 2. The number of piperidine rings is 1. The Kier molecular flexibility index (Phi) is 5.46. The van der Waals surface area contributed by atoms with E-state index in [1.54, 1.807) is 11.0 Å². The van der Waals surface area contributed by atoms with E-state index >= 15 is 0 Å². The Hall–Kier alpha value is -2.94. The molecule has 0 radical (unpaired) electrons. The van der Waals surface area contributed by atoms with Gasteiger partial charge in [0, 0.05) is 36.3 Å². The average Bonchev–Trinajstić information content (AvgIpc) is 3.17. The van der Waals surface area contributed by atoms with Crippen LogP contribution in [0.15, 0.2) is 24.3 Å². The first-order chi connectivity index (χ1) is 14.3. The molecule has 158 valence electrons. The number of primary amides is 1. The highest BCUT2D eigenvalue weighted by Crippen LogP contribution is 2.24. The third kappa shape index (κ3) is 3.77. The molecule has 2 aliphatic heterocycles. The molecule has 3 heterocycles. The number of amides is 3. The van der Waals surface area contributed by atoms with E-state index in [9.17, 15) is 18.8 Å². The van der Waals surface area contributed by atoms with Gasteiger partial charge in [-0.3, -0.25) is 19.1 Å². The van der Waals surface area contributed by atoms with Crippen LogP contribution in [0.25, 0.3) is 0 Å². The molecule has 0 spiro atoms. The van der Waals surface area contributed by atoms with Crippen LogP contribution in [0, 0.1) is 11.7 Å². The minimum Gasteiger partial charge on any atom is -0.369 e. The molecule has 0 aliphatic carbocycles. The zero-order chi connectivity index (χ0) is 21.4. The van der Waals surface area contributed by atoms with Crippen molar-refractivity contribution in [1.29, 1.82) is 0 Å². The van der Waals surface area contributed by atoms with E-state index in [1.165, 1.54) is 27.8 Å². The molecule has 1 aromatic heterocycles. The van der Waals surface area contributed by atoms with Gasteiger partial charge in [0.15, 0.2) is 5.69 Å². The Morgan fingerprint density at radius 2 is 2.07 bits per heavy atom. The number of aromatic nitrogens is 2. The summed E-state index contributed by atoms with van der Waals surface area (Å²) in [5.41, 5.74) is 6.05. The number of hydrogen-bond acceptors (Lipinski definition) is 4. The van der Waals surface area contributed by atoms with E-state index in [-0.39, 0.29) is 52.8 Å².